The fourth-order valence-corrected chi connectivity index (χ4v) is 3.69. The summed E-state index contributed by atoms with van der Waals surface area (Å²) < 4.78 is 32.4. The molecule has 2 N–H and O–H groups in total. The van der Waals surface area contributed by atoms with Gasteiger partial charge in [0.15, 0.2) is 0 Å². The lowest BCUT2D eigenvalue weighted by molar-refractivity contribution is 0.0692. The molecule has 3 aromatic rings. The van der Waals surface area contributed by atoms with Crippen molar-refractivity contribution in [1.29, 1.82) is 0 Å². The molecule has 0 bridgehead atoms. The Kier molecular flexibility index (Phi) is 4.05. The predicted octanol–water partition coefficient (Wildman–Crippen LogP) is 2.60. The number of carboxylic acids is 1. The van der Waals surface area contributed by atoms with Gasteiger partial charge in [0.2, 0.25) is 0 Å². The Morgan fingerprint density at radius 1 is 1.12 bits per heavy atom. The zero-order valence-corrected chi connectivity index (χ0v) is 13.8. The number of carboxylic acid groups (broad SMARTS) is 1. The zero-order valence-electron chi connectivity index (χ0n) is 13.0. The van der Waals surface area contributed by atoms with E-state index < -0.39 is 27.2 Å². The summed E-state index contributed by atoms with van der Waals surface area (Å²) in [4.78, 5) is 22.7. The normalized spacial score (nSPS) is 11.4. The maximum atomic E-state index is 12.5. The molecule has 7 nitrogen and oxygen atoms in total. The molecule has 0 radical (unpaired) electrons. The number of rotatable bonds is 4. The van der Waals surface area contributed by atoms with E-state index in [9.17, 15) is 18.0 Å². The Labute approximate surface area is 142 Å². The Morgan fingerprint density at radius 3 is 2.52 bits per heavy atom. The lowest BCUT2D eigenvalue weighted by atomic mass is 10.2. The number of anilines is 1. The topological polar surface area (TPSA) is 114 Å². The van der Waals surface area contributed by atoms with Gasteiger partial charge < -0.3 is 9.52 Å². The Balaban J connectivity index is 2.03. The van der Waals surface area contributed by atoms with Crippen molar-refractivity contribution in [3.8, 4) is 0 Å². The molecule has 0 fully saturated rings. The molecule has 0 atom stereocenters. The number of nitrogens with one attached hydrogen (secondary N) is 1. The number of sulfonamides is 1. The summed E-state index contributed by atoms with van der Waals surface area (Å²) in [6, 6.07) is 12.0. The second-order valence-corrected chi connectivity index (χ2v) is 7.03. The highest BCUT2D eigenvalue weighted by atomic mass is 32.2. The van der Waals surface area contributed by atoms with Gasteiger partial charge in [-0.25, -0.2) is 18.0 Å². The summed E-state index contributed by atoms with van der Waals surface area (Å²) in [5.74, 6) is -1.39. The SMILES string of the molecule is Cc1ccccc1S(=O)(=O)Nc1ccc2cc(C(=O)O)c(=O)oc2c1. The van der Waals surface area contributed by atoms with Gasteiger partial charge in [-0.1, -0.05) is 18.2 Å². The van der Waals surface area contributed by atoms with Crippen LogP contribution in [-0.4, -0.2) is 19.5 Å². The number of hydrogen-bond donors (Lipinski definition) is 2. The lowest BCUT2D eigenvalue weighted by Gasteiger charge is -2.10. The van der Waals surface area contributed by atoms with E-state index >= 15 is 0 Å². The number of hydrogen-bond acceptors (Lipinski definition) is 5. The molecule has 0 saturated carbocycles. The fourth-order valence-electron chi connectivity index (χ4n) is 2.39. The van der Waals surface area contributed by atoms with E-state index in [4.69, 9.17) is 9.52 Å². The Bertz CT molecular complexity index is 1150. The van der Waals surface area contributed by atoms with E-state index in [-0.39, 0.29) is 16.2 Å². The maximum absolute atomic E-state index is 12.5. The molecular weight excluding hydrogens is 346 g/mol. The van der Waals surface area contributed by atoms with E-state index in [0.29, 0.717) is 10.9 Å². The number of fused-ring (bicyclic) bond motifs is 1. The predicted molar refractivity (Wildman–Crippen MR) is 91.4 cm³/mol. The van der Waals surface area contributed by atoms with E-state index in [1.807, 2.05) is 0 Å². The van der Waals surface area contributed by atoms with Gasteiger partial charge in [0.25, 0.3) is 10.0 Å². The van der Waals surface area contributed by atoms with Crippen molar-refractivity contribution in [1.82, 2.24) is 0 Å². The molecule has 128 valence electrons. The highest BCUT2D eigenvalue weighted by Crippen LogP contribution is 2.23. The van der Waals surface area contributed by atoms with Crippen molar-refractivity contribution in [2.75, 3.05) is 4.72 Å². The third-order valence-corrected chi connectivity index (χ3v) is 5.14. The van der Waals surface area contributed by atoms with Crippen molar-refractivity contribution in [3.05, 3.63) is 70.1 Å². The Hall–Kier alpha value is -3.13. The van der Waals surface area contributed by atoms with E-state index in [2.05, 4.69) is 4.72 Å². The quantitative estimate of drug-likeness (QED) is 0.692. The van der Waals surface area contributed by atoms with Crippen LogP contribution in [0.3, 0.4) is 0 Å². The highest BCUT2D eigenvalue weighted by molar-refractivity contribution is 7.92. The number of aromatic carboxylic acids is 1. The minimum Gasteiger partial charge on any atom is -0.477 e. The summed E-state index contributed by atoms with van der Waals surface area (Å²) >= 11 is 0. The lowest BCUT2D eigenvalue weighted by Crippen LogP contribution is -2.15. The van der Waals surface area contributed by atoms with Gasteiger partial charge in [-0.3, -0.25) is 4.72 Å². The van der Waals surface area contributed by atoms with E-state index in [0.717, 1.165) is 0 Å². The smallest absolute Gasteiger partial charge is 0.351 e. The van der Waals surface area contributed by atoms with Gasteiger partial charge in [-0.2, -0.15) is 0 Å². The van der Waals surface area contributed by atoms with Crippen LogP contribution in [0.15, 0.2) is 62.6 Å². The van der Waals surface area contributed by atoms with Crippen LogP contribution >= 0.6 is 0 Å². The maximum Gasteiger partial charge on any atom is 0.351 e. The number of aryl methyl sites for hydroxylation is 1. The molecule has 1 heterocycles. The highest BCUT2D eigenvalue weighted by Gasteiger charge is 2.17. The van der Waals surface area contributed by atoms with Gasteiger partial charge in [0.05, 0.1) is 10.6 Å². The second-order valence-electron chi connectivity index (χ2n) is 5.38. The summed E-state index contributed by atoms with van der Waals surface area (Å²) in [5.41, 5.74) is -0.616. The van der Waals surface area contributed by atoms with Crippen molar-refractivity contribution < 1.29 is 22.7 Å². The first-order valence-electron chi connectivity index (χ1n) is 7.17. The second kappa shape index (κ2) is 6.06. The first-order chi connectivity index (χ1) is 11.8. The first-order valence-corrected chi connectivity index (χ1v) is 8.66. The summed E-state index contributed by atoms with van der Waals surface area (Å²) in [7, 11) is -3.81. The minimum atomic E-state index is -3.81. The van der Waals surface area contributed by atoms with Crippen molar-refractivity contribution >= 4 is 32.6 Å². The van der Waals surface area contributed by atoms with E-state index in [1.165, 1.54) is 30.3 Å². The third kappa shape index (κ3) is 3.24. The van der Waals surface area contributed by atoms with Crippen LogP contribution in [0.2, 0.25) is 0 Å². The van der Waals surface area contributed by atoms with Crippen LogP contribution in [0.4, 0.5) is 5.69 Å². The molecule has 0 saturated heterocycles. The first kappa shape index (κ1) is 16.7. The fraction of sp³-hybridized carbons (Fsp3) is 0.0588. The van der Waals surface area contributed by atoms with Crippen LogP contribution in [0.1, 0.15) is 15.9 Å². The molecule has 0 amide bonds. The number of carbonyl (C=O) groups is 1. The molecule has 3 rings (SSSR count). The molecule has 1 aromatic heterocycles. The van der Waals surface area contributed by atoms with Crippen LogP contribution in [-0.2, 0) is 10.0 Å². The summed E-state index contributed by atoms with van der Waals surface area (Å²) in [6.07, 6.45) is 0. The molecule has 0 aliphatic carbocycles. The van der Waals surface area contributed by atoms with Crippen LogP contribution in [0.5, 0.6) is 0 Å². The van der Waals surface area contributed by atoms with Gasteiger partial charge in [-0.15, -0.1) is 0 Å². The van der Waals surface area contributed by atoms with Crippen molar-refractivity contribution in [2.45, 2.75) is 11.8 Å². The molecule has 0 spiro atoms. The minimum absolute atomic E-state index is 0.0833. The average molecular weight is 359 g/mol. The van der Waals surface area contributed by atoms with Crippen LogP contribution in [0.25, 0.3) is 11.0 Å². The van der Waals surface area contributed by atoms with Crippen LogP contribution in [0, 0.1) is 6.92 Å². The molecule has 0 aliphatic rings. The number of benzene rings is 2. The average Bonchev–Trinajstić information content (AvgIpc) is 2.53. The molecule has 8 heteroatoms. The van der Waals surface area contributed by atoms with E-state index in [1.54, 1.807) is 25.1 Å². The Morgan fingerprint density at radius 2 is 1.84 bits per heavy atom. The molecule has 0 unspecified atom stereocenters. The van der Waals surface area contributed by atoms with Gasteiger partial charge in [-0.05, 0) is 36.8 Å². The van der Waals surface area contributed by atoms with Gasteiger partial charge in [0.1, 0.15) is 11.1 Å². The van der Waals surface area contributed by atoms with Crippen molar-refractivity contribution in [3.63, 3.8) is 0 Å². The summed E-state index contributed by atoms with van der Waals surface area (Å²) in [6.45, 7) is 1.68. The zero-order chi connectivity index (χ0) is 18.2. The standard InChI is InChI=1S/C17H13NO6S/c1-10-4-2-3-5-15(10)25(22,23)18-12-7-6-11-8-13(16(19)20)17(21)24-14(11)9-12/h2-9,18H,1H3,(H,19,20). The molecular formula is C17H13NO6S. The van der Waals surface area contributed by atoms with Gasteiger partial charge >= 0.3 is 11.6 Å². The molecule has 2 aromatic carbocycles. The van der Waals surface area contributed by atoms with Crippen LogP contribution < -0.4 is 10.3 Å². The van der Waals surface area contributed by atoms with Crippen molar-refractivity contribution in [2.24, 2.45) is 0 Å². The van der Waals surface area contributed by atoms with Gasteiger partial charge in [0, 0.05) is 11.5 Å². The summed E-state index contributed by atoms with van der Waals surface area (Å²) in [5, 5.41) is 9.30. The third-order valence-electron chi connectivity index (χ3n) is 3.60. The molecule has 0 aliphatic heterocycles. The monoisotopic (exact) mass is 359 g/mol. The largest absolute Gasteiger partial charge is 0.477 e. The molecule has 25 heavy (non-hydrogen) atoms.